The van der Waals surface area contributed by atoms with Gasteiger partial charge in [-0.25, -0.2) is 4.79 Å². The van der Waals surface area contributed by atoms with Crippen molar-refractivity contribution in [1.82, 2.24) is 4.90 Å². The van der Waals surface area contributed by atoms with Gasteiger partial charge in [-0.2, -0.15) is 0 Å². The predicted molar refractivity (Wildman–Crippen MR) is 58.2 cm³/mol. The highest BCUT2D eigenvalue weighted by atomic mass is 16.6. The summed E-state index contributed by atoms with van der Waals surface area (Å²) in [6.45, 7) is 3.02. The maximum Gasteiger partial charge on any atom is 0.410 e. The maximum absolute atomic E-state index is 11.4. The van der Waals surface area contributed by atoms with E-state index in [2.05, 4.69) is 0 Å². The molecule has 0 saturated carbocycles. The summed E-state index contributed by atoms with van der Waals surface area (Å²) in [6, 6.07) is 7.18. The molecule has 16 heavy (non-hydrogen) atoms. The van der Waals surface area contributed by atoms with Crippen LogP contribution in [-0.4, -0.2) is 29.9 Å². The Hall–Kier alpha value is -1.84. The lowest BCUT2D eigenvalue weighted by molar-refractivity contribution is 0.112. The molecule has 1 atom stereocenters. The van der Waals surface area contributed by atoms with Crippen LogP contribution in [0.5, 0.6) is 0 Å². The van der Waals surface area contributed by atoms with Gasteiger partial charge in [-0.05, 0) is 12.5 Å². The number of carbonyl (C=O) groups is 2. The van der Waals surface area contributed by atoms with Crippen molar-refractivity contribution < 1.29 is 14.3 Å². The molecule has 0 bridgehead atoms. The number of carbonyl (C=O) groups excluding carboxylic acids is 2. The van der Waals surface area contributed by atoms with Gasteiger partial charge in [-0.15, -0.1) is 0 Å². The van der Waals surface area contributed by atoms with Crippen molar-refractivity contribution in [3.63, 3.8) is 0 Å². The molecule has 1 aliphatic heterocycles. The Morgan fingerprint density at radius 1 is 1.44 bits per heavy atom. The molecular formula is C12H13NO3. The number of aldehydes is 1. The summed E-state index contributed by atoms with van der Waals surface area (Å²) >= 11 is 0. The summed E-state index contributed by atoms with van der Waals surface area (Å²) in [5, 5.41) is 0. The van der Waals surface area contributed by atoms with Crippen molar-refractivity contribution in [2.24, 2.45) is 0 Å². The molecule has 1 aliphatic rings. The van der Waals surface area contributed by atoms with Crippen LogP contribution in [0.2, 0.25) is 0 Å². The molecule has 1 amide bonds. The number of rotatable bonds is 3. The predicted octanol–water partition coefficient (Wildman–Crippen LogP) is 1.84. The number of ether oxygens (including phenoxy) is 1. The van der Waals surface area contributed by atoms with Gasteiger partial charge < -0.3 is 9.64 Å². The molecule has 1 saturated heterocycles. The van der Waals surface area contributed by atoms with Crippen LogP contribution in [-0.2, 0) is 11.3 Å². The van der Waals surface area contributed by atoms with Crippen LogP contribution in [0.4, 0.5) is 4.79 Å². The fourth-order valence-electron chi connectivity index (χ4n) is 1.72. The summed E-state index contributed by atoms with van der Waals surface area (Å²) in [7, 11) is 0. The van der Waals surface area contributed by atoms with E-state index in [-0.39, 0.29) is 12.2 Å². The maximum atomic E-state index is 11.4. The molecule has 1 heterocycles. The topological polar surface area (TPSA) is 46.6 Å². The molecule has 1 aromatic carbocycles. The Labute approximate surface area is 93.8 Å². The molecule has 0 aliphatic carbocycles. The number of hydrogen-bond donors (Lipinski definition) is 0. The second-order valence-electron chi connectivity index (χ2n) is 3.93. The van der Waals surface area contributed by atoms with Gasteiger partial charge in [0.1, 0.15) is 12.4 Å². The monoisotopic (exact) mass is 219 g/mol. The first-order valence-electron chi connectivity index (χ1n) is 5.18. The van der Waals surface area contributed by atoms with E-state index in [1.54, 1.807) is 17.0 Å². The van der Waals surface area contributed by atoms with E-state index in [0.29, 0.717) is 18.7 Å². The van der Waals surface area contributed by atoms with Crippen LogP contribution in [0.25, 0.3) is 0 Å². The molecule has 2 rings (SSSR count). The summed E-state index contributed by atoms with van der Waals surface area (Å²) in [4.78, 5) is 23.5. The molecular weight excluding hydrogens is 206 g/mol. The van der Waals surface area contributed by atoms with Crippen LogP contribution in [0, 0.1) is 0 Å². The second-order valence-corrected chi connectivity index (χ2v) is 3.93. The zero-order valence-electron chi connectivity index (χ0n) is 9.05. The smallest absolute Gasteiger partial charge is 0.410 e. The Kier molecular flexibility index (Phi) is 2.90. The first kappa shape index (κ1) is 10.7. The third kappa shape index (κ3) is 2.21. The van der Waals surface area contributed by atoms with E-state index < -0.39 is 0 Å². The Bertz CT molecular complexity index is 399. The molecule has 0 N–H and O–H groups in total. The third-order valence-electron chi connectivity index (χ3n) is 2.53. The number of cyclic esters (lactones) is 1. The van der Waals surface area contributed by atoms with Gasteiger partial charge in [0, 0.05) is 12.1 Å². The van der Waals surface area contributed by atoms with Gasteiger partial charge in [0.25, 0.3) is 0 Å². The van der Waals surface area contributed by atoms with Crippen LogP contribution in [0.15, 0.2) is 24.3 Å². The van der Waals surface area contributed by atoms with Gasteiger partial charge in [0.05, 0.1) is 6.54 Å². The van der Waals surface area contributed by atoms with Crippen LogP contribution in [0.3, 0.4) is 0 Å². The van der Waals surface area contributed by atoms with Gasteiger partial charge in [-0.3, -0.25) is 4.79 Å². The highest BCUT2D eigenvalue weighted by molar-refractivity contribution is 5.74. The fourth-order valence-corrected chi connectivity index (χ4v) is 1.72. The van der Waals surface area contributed by atoms with Crippen molar-refractivity contribution in [1.29, 1.82) is 0 Å². The molecule has 1 fully saturated rings. The minimum atomic E-state index is -0.271. The average Bonchev–Trinajstić information content (AvgIpc) is 2.59. The van der Waals surface area contributed by atoms with Gasteiger partial charge in [0.15, 0.2) is 0 Å². The van der Waals surface area contributed by atoms with Crippen molar-refractivity contribution >= 4 is 12.4 Å². The van der Waals surface area contributed by atoms with E-state index in [1.807, 2.05) is 19.1 Å². The molecule has 4 heteroatoms. The van der Waals surface area contributed by atoms with Crippen molar-refractivity contribution in [2.75, 3.05) is 6.54 Å². The van der Waals surface area contributed by atoms with Gasteiger partial charge >= 0.3 is 6.09 Å². The van der Waals surface area contributed by atoms with E-state index in [0.717, 1.165) is 11.8 Å². The first-order chi connectivity index (χ1) is 7.69. The largest absolute Gasteiger partial charge is 0.444 e. The minimum absolute atomic E-state index is 0.0400. The third-order valence-corrected chi connectivity index (χ3v) is 2.53. The van der Waals surface area contributed by atoms with Crippen molar-refractivity contribution in [3.05, 3.63) is 35.4 Å². The molecule has 4 nitrogen and oxygen atoms in total. The molecule has 1 aromatic rings. The lowest BCUT2D eigenvalue weighted by atomic mass is 10.1. The Morgan fingerprint density at radius 2 is 2.12 bits per heavy atom. The number of hydrogen-bond acceptors (Lipinski definition) is 3. The summed E-state index contributed by atoms with van der Waals surface area (Å²) < 4.78 is 5.02. The van der Waals surface area contributed by atoms with E-state index in [4.69, 9.17) is 4.74 Å². The quantitative estimate of drug-likeness (QED) is 0.729. The molecule has 84 valence electrons. The highest BCUT2D eigenvalue weighted by Gasteiger charge is 2.27. The van der Waals surface area contributed by atoms with Crippen LogP contribution in [0.1, 0.15) is 22.8 Å². The van der Waals surface area contributed by atoms with E-state index in [9.17, 15) is 9.59 Å². The molecule has 0 unspecified atom stereocenters. The first-order valence-corrected chi connectivity index (χ1v) is 5.18. The summed E-state index contributed by atoms with van der Waals surface area (Å²) in [5.74, 6) is 0. The number of amides is 1. The number of nitrogens with zero attached hydrogens (tertiary/aromatic N) is 1. The van der Waals surface area contributed by atoms with Crippen LogP contribution < -0.4 is 0 Å². The standard InChI is InChI=1S/C12H13NO3/c1-9-6-13(12(15)16-9)7-10-2-4-11(8-14)5-3-10/h2-5,8-9H,6-7H2,1H3/t9-/m1/s1. The molecule has 0 radical (unpaired) electrons. The molecule has 0 spiro atoms. The number of benzene rings is 1. The van der Waals surface area contributed by atoms with E-state index in [1.165, 1.54) is 0 Å². The van der Waals surface area contributed by atoms with Gasteiger partial charge in [-0.1, -0.05) is 24.3 Å². The Balaban J connectivity index is 2.03. The highest BCUT2D eigenvalue weighted by Crippen LogP contribution is 2.14. The fraction of sp³-hybridized carbons (Fsp3) is 0.333. The Morgan fingerprint density at radius 3 is 2.62 bits per heavy atom. The summed E-state index contributed by atoms with van der Waals surface area (Å²) in [5.41, 5.74) is 1.64. The van der Waals surface area contributed by atoms with E-state index >= 15 is 0 Å². The summed E-state index contributed by atoms with van der Waals surface area (Å²) in [6.07, 6.45) is 0.490. The zero-order chi connectivity index (χ0) is 11.5. The van der Waals surface area contributed by atoms with Crippen LogP contribution >= 0.6 is 0 Å². The second kappa shape index (κ2) is 4.35. The normalized spacial score (nSPS) is 19.7. The lowest BCUT2D eigenvalue weighted by Crippen LogP contribution is -2.24. The van der Waals surface area contributed by atoms with Crippen molar-refractivity contribution in [2.45, 2.75) is 19.6 Å². The minimum Gasteiger partial charge on any atom is -0.444 e. The lowest BCUT2D eigenvalue weighted by Gasteiger charge is -2.12. The zero-order valence-corrected chi connectivity index (χ0v) is 9.05. The molecule has 0 aromatic heterocycles. The average molecular weight is 219 g/mol. The SMILES string of the molecule is C[C@@H]1CN(Cc2ccc(C=O)cc2)C(=O)O1. The van der Waals surface area contributed by atoms with Crippen molar-refractivity contribution in [3.8, 4) is 0 Å². The van der Waals surface area contributed by atoms with Gasteiger partial charge in [0.2, 0.25) is 0 Å².